The number of fused-ring (bicyclic) bond motifs is 2. The molecule has 1 saturated heterocycles. The molecule has 3 heterocycles. The van der Waals surface area contributed by atoms with Crippen molar-refractivity contribution in [2.24, 2.45) is 0 Å². The van der Waals surface area contributed by atoms with Gasteiger partial charge in [-0.3, -0.25) is 19.0 Å². The van der Waals surface area contributed by atoms with Crippen molar-refractivity contribution in [1.82, 2.24) is 14.9 Å². The first-order valence-electron chi connectivity index (χ1n) is 11.9. The van der Waals surface area contributed by atoms with E-state index in [1.165, 1.54) is 11.8 Å². The number of amides is 1. The number of rotatable bonds is 8. The van der Waals surface area contributed by atoms with E-state index < -0.39 is 0 Å². The second kappa shape index (κ2) is 10.3. The van der Waals surface area contributed by atoms with Gasteiger partial charge in [0.05, 0.1) is 29.3 Å². The number of carbonyl (C=O) groups excluding carboxylic acids is 2. The first-order chi connectivity index (χ1) is 17.4. The molecule has 36 heavy (non-hydrogen) atoms. The first-order valence-corrected chi connectivity index (χ1v) is 12.9. The van der Waals surface area contributed by atoms with Crippen LogP contribution in [0, 0.1) is 0 Å². The van der Waals surface area contributed by atoms with E-state index in [1.54, 1.807) is 41.0 Å². The number of nitrogens with one attached hydrogen (secondary N) is 1. The Hall–Kier alpha value is -3.37. The number of Topliss-reactive ketones (excluding diaryl/α,β-unsaturated/α-hetero) is 1. The van der Waals surface area contributed by atoms with Gasteiger partial charge >= 0.3 is 0 Å². The van der Waals surface area contributed by atoms with Crippen molar-refractivity contribution >= 4 is 34.4 Å². The molecule has 9 nitrogen and oxygen atoms in total. The number of ether oxygens (including phenoxy) is 3. The van der Waals surface area contributed by atoms with E-state index in [-0.39, 0.29) is 41.9 Å². The van der Waals surface area contributed by atoms with Crippen molar-refractivity contribution < 1.29 is 23.8 Å². The summed E-state index contributed by atoms with van der Waals surface area (Å²) in [5, 5.41) is 3.69. The van der Waals surface area contributed by atoms with Crippen LogP contribution in [0.1, 0.15) is 47.4 Å². The summed E-state index contributed by atoms with van der Waals surface area (Å²) >= 11 is 1.19. The smallest absolute Gasteiger partial charge is 0.262 e. The minimum absolute atomic E-state index is 0.0196. The van der Waals surface area contributed by atoms with Crippen LogP contribution >= 0.6 is 11.8 Å². The van der Waals surface area contributed by atoms with E-state index >= 15 is 0 Å². The van der Waals surface area contributed by atoms with Crippen LogP contribution in [0.5, 0.6) is 11.5 Å². The summed E-state index contributed by atoms with van der Waals surface area (Å²) in [4.78, 5) is 43.7. The molecule has 1 atom stereocenters. The van der Waals surface area contributed by atoms with Crippen molar-refractivity contribution in [1.29, 1.82) is 0 Å². The summed E-state index contributed by atoms with van der Waals surface area (Å²) in [5.41, 5.74) is 1.11. The van der Waals surface area contributed by atoms with Crippen LogP contribution in [0.15, 0.2) is 46.3 Å². The van der Waals surface area contributed by atoms with Gasteiger partial charge in [0.25, 0.3) is 11.5 Å². The first kappa shape index (κ1) is 24.3. The van der Waals surface area contributed by atoms with Gasteiger partial charge in [-0.1, -0.05) is 11.8 Å². The summed E-state index contributed by atoms with van der Waals surface area (Å²) in [7, 11) is 0. The highest BCUT2D eigenvalue weighted by Crippen LogP contribution is 2.33. The highest BCUT2D eigenvalue weighted by molar-refractivity contribution is 7.99. The van der Waals surface area contributed by atoms with E-state index in [0.29, 0.717) is 51.8 Å². The maximum atomic E-state index is 13.5. The van der Waals surface area contributed by atoms with Crippen molar-refractivity contribution in [3.05, 3.63) is 57.9 Å². The molecule has 0 saturated carbocycles. The highest BCUT2D eigenvalue weighted by Gasteiger charge is 2.22. The zero-order chi connectivity index (χ0) is 25.2. The minimum atomic E-state index is -0.232. The van der Waals surface area contributed by atoms with Crippen LogP contribution in [0.25, 0.3) is 10.9 Å². The topological polar surface area (TPSA) is 109 Å². The van der Waals surface area contributed by atoms with E-state index in [4.69, 9.17) is 19.2 Å². The zero-order valence-electron chi connectivity index (χ0n) is 20.1. The third-order valence-electron chi connectivity index (χ3n) is 6.04. The van der Waals surface area contributed by atoms with Crippen molar-refractivity contribution in [3.63, 3.8) is 0 Å². The lowest BCUT2D eigenvalue weighted by Crippen LogP contribution is -2.31. The second-order valence-corrected chi connectivity index (χ2v) is 10.0. The number of aromatic nitrogens is 2. The standard InChI is InChI=1S/C26H27N3O6S/c1-15(2)27-24(31)17-5-7-19-20(10-17)28-26(29(25(19)32)12-18-4-3-9-33-18)36-13-21(30)16-6-8-22-23(11-16)35-14-34-22/h5-8,10-11,15,18H,3-4,9,12-14H2,1-2H3,(H,27,31). The number of benzene rings is 2. The number of nitrogens with zero attached hydrogens (tertiary/aromatic N) is 2. The minimum Gasteiger partial charge on any atom is -0.454 e. The average molecular weight is 510 g/mol. The second-order valence-electron chi connectivity index (χ2n) is 9.09. The van der Waals surface area contributed by atoms with Gasteiger partial charge in [0.2, 0.25) is 6.79 Å². The molecule has 0 spiro atoms. The lowest BCUT2D eigenvalue weighted by Gasteiger charge is -2.17. The Labute approximate surface area is 212 Å². The summed E-state index contributed by atoms with van der Waals surface area (Å²) in [5.74, 6) is 0.873. The van der Waals surface area contributed by atoms with Crippen LogP contribution in [0.4, 0.5) is 0 Å². The van der Waals surface area contributed by atoms with Gasteiger partial charge in [0.15, 0.2) is 22.4 Å². The molecule has 1 unspecified atom stereocenters. The van der Waals surface area contributed by atoms with E-state index in [0.717, 1.165) is 12.8 Å². The Morgan fingerprint density at radius 2 is 1.94 bits per heavy atom. The van der Waals surface area contributed by atoms with Crippen LogP contribution < -0.4 is 20.3 Å². The average Bonchev–Trinajstić information content (AvgIpc) is 3.55. The summed E-state index contributed by atoms with van der Waals surface area (Å²) in [6.45, 7) is 4.92. The molecule has 0 bridgehead atoms. The predicted molar refractivity (Wildman–Crippen MR) is 135 cm³/mol. The molecule has 0 aliphatic carbocycles. The lowest BCUT2D eigenvalue weighted by atomic mass is 10.1. The van der Waals surface area contributed by atoms with Gasteiger partial charge in [0.1, 0.15) is 0 Å². The van der Waals surface area contributed by atoms with Gasteiger partial charge in [0, 0.05) is 23.8 Å². The Balaban J connectivity index is 1.46. The van der Waals surface area contributed by atoms with Gasteiger partial charge in [-0.25, -0.2) is 4.98 Å². The quantitative estimate of drug-likeness (QED) is 0.280. The van der Waals surface area contributed by atoms with Crippen molar-refractivity contribution in [2.75, 3.05) is 19.2 Å². The molecule has 1 fully saturated rings. The van der Waals surface area contributed by atoms with Gasteiger partial charge in [-0.15, -0.1) is 0 Å². The Morgan fingerprint density at radius 1 is 1.14 bits per heavy atom. The molecule has 1 aromatic heterocycles. The molecule has 0 radical (unpaired) electrons. The molecule has 2 aromatic carbocycles. The number of hydrogen-bond acceptors (Lipinski definition) is 8. The molecule has 188 valence electrons. The maximum Gasteiger partial charge on any atom is 0.262 e. The van der Waals surface area contributed by atoms with Crippen LogP contribution in [0.2, 0.25) is 0 Å². The monoisotopic (exact) mass is 509 g/mol. The van der Waals surface area contributed by atoms with Crippen LogP contribution in [-0.4, -0.2) is 52.5 Å². The third-order valence-corrected chi connectivity index (χ3v) is 7.02. The van der Waals surface area contributed by atoms with Gasteiger partial charge < -0.3 is 19.5 Å². The maximum absolute atomic E-state index is 13.5. The lowest BCUT2D eigenvalue weighted by molar-refractivity contribution is 0.0936. The molecule has 1 amide bonds. The highest BCUT2D eigenvalue weighted by atomic mass is 32.2. The summed E-state index contributed by atoms with van der Waals surface area (Å²) < 4.78 is 18.0. The van der Waals surface area contributed by atoms with E-state index in [9.17, 15) is 14.4 Å². The van der Waals surface area contributed by atoms with E-state index in [1.807, 2.05) is 13.8 Å². The zero-order valence-corrected chi connectivity index (χ0v) is 20.9. The molecule has 5 rings (SSSR count). The molecule has 1 N–H and O–H groups in total. The fraction of sp³-hybridized carbons (Fsp3) is 0.385. The van der Waals surface area contributed by atoms with Crippen LogP contribution in [0.3, 0.4) is 0 Å². The molecule has 10 heteroatoms. The molecule has 2 aliphatic heterocycles. The predicted octanol–water partition coefficient (Wildman–Crippen LogP) is 3.42. The number of hydrogen-bond donors (Lipinski definition) is 1. The third kappa shape index (κ3) is 5.10. The van der Waals surface area contributed by atoms with Crippen LogP contribution in [-0.2, 0) is 11.3 Å². The molecule has 3 aromatic rings. The van der Waals surface area contributed by atoms with Crippen molar-refractivity contribution in [3.8, 4) is 11.5 Å². The molecule has 2 aliphatic rings. The van der Waals surface area contributed by atoms with Gasteiger partial charge in [-0.05, 0) is 63.1 Å². The Bertz CT molecular complexity index is 1380. The summed E-state index contributed by atoms with van der Waals surface area (Å²) in [6.07, 6.45) is 1.72. The number of ketones is 1. The summed E-state index contributed by atoms with van der Waals surface area (Å²) in [6, 6.07) is 9.95. The molecular formula is C26H27N3O6S. The number of carbonyl (C=O) groups is 2. The largest absolute Gasteiger partial charge is 0.454 e. The fourth-order valence-electron chi connectivity index (χ4n) is 4.23. The SMILES string of the molecule is CC(C)NC(=O)c1ccc2c(=O)n(CC3CCCO3)c(SCC(=O)c3ccc4c(c3)OCO4)nc2c1. The number of thioether (sulfide) groups is 1. The normalized spacial score (nSPS) is 16.6. The van der Waals surface area contributed by atoms with Crippen molar-refractivity contribution in [2.45, 2.75) is 50.5 Å². The Morgan fingerprint density at radius 3 is 2.72 bits per heavy atom. The molecular weight excluding hydrogens is 482 g/mol. The fourth-order valence-corrected chi connectivity index (χ4v) is 5.14. The van der Waals surface area contributed by atoms with E-state index in [2.05, 4.69) is 5.32 Å². The Kier molecular flexibility index (Phi) is 6.97. The van der Waals surface area contributed by atoms with Gasteiger partial charge in [-0.2, -0.15) is 0 Å².